The smallest absolute Gasteiger partial charge is 0.268 e. The number of anilines is 2. The number of hydrogen-bond donors (Lipinski definition) is 2. The van der Waals surface area contributed by atoms with E-state index in [1.165, 1.54) is 23.2 Å². The molecule has 2 heterocycles. The van der Waals surface area contributed by atoms with Crippen LogP contribution in [0.1, 0.15) is 37.7 Å². The SMILES string of the molecule is Cc1ccc(S(=O)(=O)n2cc(-c3cc(NC4CCCCC4)nc(N)n3)c3ccccc32)cc1. The van der Waals surface area contributed by atoms with Gasteiger partial charge in [0.2, 0.25) is 5.95 Å². The van der Waals surface area contributed by atoms with E-state index in [1.54, 1.807) is 36.5 Å². The molecule has 3 N–H and O–H groups in total. The maximum Gasteiger partial charge on any atom is 0.268 e. The van der Waals surface area contributed by atoms with Gasteiger partial charge in [0, 0.05) is 29.3 Å². The van der Waals surface area contributed by atoms with Gasteiger partial charge in [0.05, 0.1) is 16.1 Å². The summed E-state index contributed by atoms with van der Waals surface area (Å²) in [5.41, 5.74) is 8.94. The molecule has 0 aliphatic heterocycles. The number of aromatic nitrogens is 3. The van der Waals surface area contributed by atoms with E-state index in [0.717, 1.165) is 23.8 Å². The Labute approximate surface area is 193 Å². The third-order valence-corrected chi connectivity index (χ3v) is 7.92. The van der Waals surface area contributed by atoms with Gasteiger partial charge in [-0.2, -0.15) is 4.98 Å². The highest BCUT2D eigenvalue weighted by atomic mass is 32.2. The highest BCUT2D eigenvalue weighted by molar-refractivity contribution is 7.90. The fourth-order valence-electron chi connectivity index (χ4n) is 4.51. The Morgan fingerprint density at radius 1 is 1.00 bits per heavy atom. The molecule has 7 nitrogen and oxygen atoms in total. The molecule has 1 aliphatic rings. The van der Waals surface area contributed by atoms with Crippen LogP contribution in [0.2, 0.25) is 0 Å². The van der Waals surface area contributed by atoms with Crippen LogP contribution in [-0.2, 0) is 10.0 Å². The summed E-state index contributed by atoms with van der Waals surface area (Å²) in [6, 6.07) is 16.5. The first-order valence-corrected chi connectivity index (χ1v) is 12.7. The molecule has 0 atom stereocenters. The van der Waals surface area contributed by atoms with Crippen LogP contribution >= 0.6 is 0 Å². The summed E-state index contributed by atoms with van der Waals surface area (Å²) in [7, 11) is -3.79. The van der Waals surface area contributed by atoms with Gasteiger partial charge in [-0.25, -0.2) is 17.4 Å². The summed E-state index contributed by atoms with van der Waals surface area (Å²) in [5.74, 6) is 0.826. The number of rotatable bonds is 5. The van der Waals surface area contributed by atoms with Crippen molar-refractivity contribution in [1.29, 1.82) is 0 Å². The lowest BCUT2D eigenvalue weighted by Crippen LogP contribution is -2.23. The Morgan fingerprint density at radius 2 is 1.73 bits per heavy atom. The highest BCUT2D eigenvalue weighted by Crippen LogP contribution is 2.33. The van der Waals surface area contributed by atoms with Crippen molar-refractivity contribution in [2.24, 2.45) is 0 Å². The molecule has 5 rings (SSSR count). The number of nitrogens with zero attached hydrogens (tertiary/aromatic N) is 3. The molecule has 2 aromatic carbocycles. The Kier molecular flexibility index (Phi) is 5.54. The molecule has 0 bridgehead atoms. The molecule has 33 heavy (non-hydrogen) atoms. The molecule has 1 fully saturated rings. The number of fused-ring (bicyclic) bond motifs is 1. The number of para-hydroxylation sites is 1. The van der Waals surface area contributed by atoms with Crippen LogP contribution in [0.25, 0.3) is 22.2 Å². The molecule has 0 spiro atoms. The molecule has 8 heteroatoms. The van der Waals surface area contributed by atoms with Crippen LogP contribution in [-0.4, -0.2) is 28.4 Å². The zero-order chi connectivity index (χ0) is 23.0. The van der Waals surface area contributed by atoms with Gasteiger partial charge in [0.25, 0.3) is 10.0 Å². The number of nitrogens with two attached hydrogens (primary N) is 1. The van der Waals surface area contributed by atoms with Crippen LogP contribution in [0.5, 0.6) is 0 Å². The molecule has 0 unspecified atom stereocenters. The summed E-state index contributed by atoms with van der Waals surface area (Å²) in [5, 5.41) is 4.28. The van der Waals surface area contributed by atoms with Crippen LogP contribution < -0.4 is 11.1 Å². The van der Waals surface area contributed by atoms with Crippen molar-refractivity contribution in [2.45, 2.75) is 50.0 Å². The molecule has 2 aromatic heterocycles. The lowest BCUT2D eigenvalue weighted by molar-refractivity contribution is 0.462. The van der Waals surface area contributed by atoms with Gasteiger partial charge in [-0.05, 0) is 38.0 Å². The summed E-state index contributed by atoms with van der Waals surface area (Å²) < 4.78 is 28.3. The Hall–Kier alpha value is -3.39. The van der Waals surface area contributed by atoms with Gasteiger partial charge in [0.15, 0.2) is 0 Å². The summed E-state index contributed by atoms with van der Waals surface area (Å²) >= 11 is 0. The lowest BCUT2D eigenvalue weighted by Gasteiger charge is -2.23. The van der Waals surface area contributed by atoms with E-state index in [2.05, 4.69) is 15.3 Å². The molecule has 0 saturated heterocycles. The minimum Gasteiger partial charge on any atom is -0.368 e. The average Bonchev–Trinajstić information content (AvgIpc) is 3.20. The van der Waals surface area contributed by atoms with Crippen LogP contribution in [0.15, 0.2) is 65.7 Å². The maximum atomic E-state index is 13.5. The largest absolute Gasteiger partial charge is 0.368 e. The molecule has 4 aromatic rings. The van der Waals surface area contributed by atoms with E-state index in [0.29, 0.717) is 28.6 Å². The standard InChI is InChI=1S/C25H27N5O2S/c1-17-11-13-19(14-12-17)33(31,32)30-16-21(20-9-5-6-10-23(20)30)22-15-24(29-25(26)28-22)27-18-7-3-2-4-8-18/h5-6,9-16,18H,2-4,7-8H2,1H3,(H3,26,27,28,29). The molecule has 170 valence electrons. The molecular weight excluding hydrogens is 434 g/mol. The van der Waals surface area contributed by atoms with E-state index in [9.17, 15) is 8.42 Å². The van der Waals surface area contributed by atoms with E-state index < -0.39 is 10.0 Å². The van der Waals surface area contributed by atoms with Crippen molar-refractivity contribution >= 4 is 32.7 Å². The van der Waals surface area contributed by atoms with Crippen molar-refractivity contribution in [1.82, 2.24) is 13.9 Å². The Bertz CT molecular complexity index is 1400. The highest BCUT2D eigenvalue weighted by Gasteiger charge is 2.23. The second-order valence-corrected chi connectivity index (χ2v) is 10.5. The number of hydrogen-bond acceptors (Lipinski definition) is 6. The van der Waals surface area contributed by atoms with E-state index in [-0.39, 0.29) is 10.8 Å². The minimum absolute atomic E-state index is 0.157. The van der Waals surface area contributed by atoms with Crippen molar-refractivity contribution in [3.63, 3.8) is 0 Å². The summed E-state index contributed by atoms with van der Waals surface area (Å²) in [4.78, 5) is 9.06. The summed E-state index contributed by atoms with van der Waals surface area (Å²) in [6.07, 6.45) is 7.52. The fraction of sp³-hybridized carbons (Fsp3) is 0.280. The van der Waals surface area contributed by atoms with Crippen LogP contribution in [0.3, 0.4) is 0 Å². The monoisotopic (exact) mass is 461 g/mol. The van der Waals surface area contributed by atoms with Gasteiger partial charge in [-0.15, -0.1) is 0 Å². The molecule has 1 aliphatic carbocycles. The number of nitrogens with one attached hydrogen (secondary N) is 1. The fourth-order valence-corrected chi connectivity index (χ4v) is 5.88. The van der Waals surface area contributed by atoms with Crippen molar-refractivity contribution in [3.05, 3.63) is 66.4 Å². The third-order valence-electron chi connectivity index (χ3n) is 6.23. The minimum atomic E-state index is -3.79. The third kappa shape index (κ3) is 4.18. The Morgan fingerprint density at radius 3 is 2.48 bits per heavy atom. The molecular formula is C25H27N5O2S. The average molecular weight is 462 g/mol. The molecule has 0 amide bonds. The Balaban J connectivity index is 1.61. The van der Waals surface area contributed by atoms with Gasteiger partial charge in [0.1, 0.15) is 5.82 Å². The van der Waals surface area contributed by atoms with Crippen LogP contribution in [0.4, 0.5) is 11.8 Å². The normalized spacial score (nSPS) is 15.1. The van der Waals surface area contributed by atoms with E-state index in [4.69, 9.17) is 5.73 Å². The zero-order valence-electron chi connectivity index (χ0n) is 18.5. The van der Waals surface area contributed by atoms with Gasteiger partial charge in [-0.3, -0.25) is 0 Å². The predicted octanol–water partition coefficient (Wildman–Crippen LogP) is 4.97. The number of nitrogen functional groups attached to an aromatic ring is 1. The molecule has 1 saturated carbocycles. The van der Waals surface area contributed by atoms with E-state index >= 15 is 0 Å². The summed E-state index contributed by atoms with van der Waals surface area (Å²) in [6.45, 7) is 1.93. The van der Waals surface area contributed by atoms with Crippen molar-refractivity contribution < 1.29 is 8.42 Å². The maximum absolute atomic E-state index is 13.5. The van der Waals surface area contributed by atoms with Crippen LogP contribution in [0, 0.1) is 6.92 Å². The van der Waals surface area contributed by atoms with Crippen molar-refractivity contribution in [3.8, 4) is 11.3 Å². The number of aryl methyl sites for hydroxylation is 1. The second kappa shape index (κ2) is 8.51. The molecule has 0 radical (unpaired) electrons. The first kappa shape index (κ1) is 21.5. The van der Waals surface area contributed by atoms with Gasteiger partial charge < -0.3 is 11.1 Å². The first-order chi connectivity index (χ1) is 15.9. The number of benzene rings is 2. The van der Waals surface area contributed by atoms with Gasteiger partial charge >= 0.3 is 0 Å². The quantitative estimate of drug-likeness (QED) is 0.435. The van der Waals surface area contributed by atoms with Crippen molar-refractivity contribution in [2.75, 3.05) is 11.1 Å². The predicted molar refractivity (Wildman–Crippen MR) is 132 cm³/mol. The van der Waals surface area contributed by atoms with E-state index in [1.807, 2.05) is 31.2 Å². The van der Waals surface area contributed by atoms with Gasteiger partial charge in [-0.1, -0.05) is 55.2 Å². The zero-order valence-corrected chi connectivity index (χ0v) is 19.3. The topological polar surface area (TPSA) is 103 Å². The second-order valence-electron chi connectivity index (χ2n) is 8.65. The first-order valence-electron chi connectivity index (χ1n) is 11.3. The lowest BCUT2D eigenvalue weighted by atomic mass is 9.95.